The van der Waals surface area contributed by atoms with Gasteiger partial charge in [0.1, 0.15) is 6.61 Å². The molecule has 1 aliphatic heterocycles. The SMILES string of the molecule is Cc1ccc(C(=O)N(C)C2CCSC2)cc1C#CCO. The predicted octanol–water partition coefficient (Wildman–Crippen LogP) is 1.92. The summed E-state index contributed by atoms with van der Waals surface area (Å²) in [6.07, 6.45) is 1.07. The van der Waals surface area contributed by atoms with Gasteiger partial charge in [-0.15, -0.1) is 0 Å². The molecule has 1 aromatic rings. The highest BCUT2D eigenvalue weighted by Crippen LogP contribution is 2.23. The first-order valence-electron chi connectivity index (χ1n) is 6.68. The van der Waals surface area contributed by atoms with Gasteiger partial charge in [0.05, 0.1) is 0 Å². The summed E-state index contributed by atoms with van der Waals surface area (Å²) in [7, 11) is 1.87. The molecular weight excluding hydrogens is 270 g/mol. The maximum absolute atomic E-state index is 12.5. The van der Waals surface area contributed by atoms with Crippen molar-refractivity contribution in [2.24, 2.45) is 0 Å². The Balaban J connectivity index is 2.21. The zero-order valence-electron chi connectivity index (χ0n) is 11.8. The minimum atomic E-state index is -0.170. The van der Waals surface area contributed by atoms with Crippen LogP contribution in [-0.4, -0.2) is 47.1 Å². The Morgan fingerprint density at radius 2 is 2.35 bits per heavy atom. The Morgan fingerprint density at radius 1 is 1.55 bits per heavy atom. The zero-order valence-corrected chi connectivity index (χ0v) is 12.7. The molecule has 2 rings (SSSR count). The molecule has 0 saturated carbocycles. The molecule has 0 aromatic heterocycles. The van der Waals surface area contributed by atoms with Crippen molar-refractivity contribution in [1.82, 2.24) is 4.90 Å². The molecule has 4 heteroatoms. The molecule has 1 saturated heterocycles. The van der Waals surface area contributed by atoms with E-state index < -0.39 is 0 Å². The first-order chi connectivity index (χ1) is 9.63. The van der Waals surface area contributed by atoms with Crippen molar-refractivity contribution in [3.63, 3.8) is 0 Å². The van der Waals surface area contributed by atoms with Crippen molar-refractivity contribution in [1.29, 1.82) is 0 Å². The van der Waals surface area contributed by atoms with Crippen molar-refractivity contribution in [3.8, 4) is 11.8 Å². The second-order valence-electron chi connectivity index (χ2n) is 4.92. The van der Waals surface area contributed by atoms with Gasteiger partial charge in [-0.1, -0.05) is 17.9 Å². The molecule has 20 heavy (non-hydrogen) atoms. The van der Waals surface area contributed by atoms with Crippen molar-refractivity contribution in [2.45, 2.75) is 19.4 Å². The van der Waals surface area contributed by atoms with Gasteiger partial charge in [-0.2, -0.15) is 11.8 Å². The summed E-state index contributed by atoms with van der Waals surface area (Å²) in [5.41, 5.74) is 2.48. The summed E-state index contributed by atoms with van der Waals surface area (Å²) >= 11 is 1.90. The lowest BCUT2D eigenvalue weighted by Crippen LogP contribution is -2.37. The second-order valence-corrected chi connectivity index (χ2v) is 6.07. The normalized spacial score (nSPS) is 17.4. The van der Waals surface area contributed by atoms with Crippen LogP contribution in [0.15, 0.2) is 18.2 Å². The van der Waals surface area contributed by atoms with E-state index in [9.17, 15) is 4.79 Å². The van der Waals surface area contributed by atoms with Crippen LogP contribution < -0.4 is 0 Å². The fraction of sp³-hybridized carbons (Fsp3) is 0.438. The highest BCUT2D eigenvalue weighted by atomic mass is 32.2. The summed E-state index contributed by atoms with van der Waals surface area (Å²) in [5.74, 6) is 7.72. The smallest absolute Gasteiger partial charge is 0.253 e. The molecule has 1 fully saturated rings. The topological polar surface area (TPSA) is 40.5 Å². The summed E-state index contributed by atoms with van der Waals surface area (Å²) in [5, 5.41) is 8.78. The van der Waals surface area contributed by atoms with Crippen molar-refractivity contribution >= 4 is 17.7 Å². The number of hydrogen-bond donors (Lipinski definition) is 1. The Hall–Kier alpha value is -1.44. The van der Waals surface area contributed by atoms with Crippen LogP contribution in [-0.2, 0) is 0 Å². The molecule has 0 bridgehead atoms. The predicted molar refractivity (Wildman–Crippen MR) is 83.0 cm³/mol. The number of hydrogen-bond acceptors (Lipinski definition) is 3. The summed E-state index contributed by atoms with van der Waals surface area (Å²) < 4.78 is 0. The lowest BCUT2D eigenvalue weighted by molar-refractivity contribution is 0.0748. The molecule has 1 heterocycles. The first-order valence-corrected chi connectivity index (χ1v) is 7.84. The number of nitrogens with zero attached hydrogens (tertiary/aromatic N) is 1. The number of aliphatic hydroxyl groups excluding tert-OH is 1. The minimum absolute atomic E-state index is 0.0459. The maximum Gasteiger partial charge on any atom is 0.253 e. The molecular formula is C16H19NO2S. The van der Waals surface area contributed by atoms with Gasteiger partial charge in [-0.25, -0.2) is 0 Å². The van der Waals surface area contributed by atoms with E-state index in [4.69, 9.17) is 5.11 Å². The monoisotopic (exact) mass is 289 g/mol. The lowest BCUT2D eigenvalue weighted by Gasteiger charge is -2.24. The number of aliphatic hydroxyl groups is 1. The van der Waals surface area contributed by atoms with Crippen LogP contribution in [0.25, 0.3) is 0 Å². The van der Waals surface area contributed by atoms with Crippen molar-refractivity contribution < 1.29 is 9.90 Å². The molecule has 0 radical (unpaired) electrons. The third-order valence-corrected chi connectivity index (χ3v) is 4.71. The van der Waals surface area contributed by atoms with Gasteiger partial charge in [0.2, 0.25) is 0 Å². The van der Waals surface area contributed by atoms with Gasteiger partial charge in [0, 0.05) is 30.0 Å². The molecule has 1 atom stereocenters. The molecule has 1 amide bonds. The number of rotatable bonds is 2. The van der Waals surface area contributed by atoms with E-state index in [1.54, 1.807) is 0 Å². The summed E-state index contributed by atoms with van der Waals surface area (Å²) in [4.78, 5) is 14.3. The molecule has 1 unspecified atom stereocenters. The van der Waals surface area contributed by atoms with E-state index in [1.807, 2.05) is 48.8 Å². The average molecular weight is 289 g/mol. The van der Waals surface area contributed by atoms with Gasteiger partial charge < -0.3 is 10.0 Å². The number of carbonyl (C=O) groups excluding carboxylic acids is 1. The van der Waals surface area contributed by atoms with Gasteiger partial charge in [0.15, 0.2) is 0 Å². The Morgan fingerprint density at radius 3 is 3.00 bits per heavy atom. The molecule has 1 N–H and O–H groups in total. The standard InChI is InChI=1S/C16H19NO2S/c1-12-5-6-14(10-13(12)4-3-8-18)16(19)17(2)15-7-9-20-11-15/h5-6,10,15,18H,7-9,11H2,1-2H3. The van der Waals surface area contributed by atoms with E-state index in [0.717, 1.165) is 29.1 Å². The van der Waals surface area contributed by atoms with E-state index >= 15 is 0 Å². The molecule has 0 aliphatic carbocycles. The Labute approximate surface area is 124 Å². The molecule has 3 nitrogen and oxygen atoms in total. The number of thioether (sulfide) groups is 1. The van der Waals surface area contributed by atoms with Crippen LogP contribution in [0.5, 0.6) is 0 Å². The van der Waals surface area contributed by atoms with Gasteiger partial charge in [-0.3, -0.25) is 4.79 Å². The number of carbonyl (C=O) groups is 1. The number of aryl methyl sites for hydroxylation is 1. The number of benzene rings is 1. The Bertz CT molecular complexity index is 553. The third-order valence-electron chi connectivity index (χ3n) is 3.56. The van der Waals surface area contributed by atoms with E-state index in [-0.39, 0.29) is 12.5 Å². The van der Waals surface area contributed by atoms with Crippen LogP contribution in [0.3, 0.4) is 0 Å². The minimum Gasteiger partial charge on any atom is -0.384 e. The summed E-state index contributed by atoms with van der Waals surface area (Å²) in [6.45, 7) is 1.78. The first kappa shape index (κ1) is 15.0. The van der Waals surface area contributed by atoms with Gasteiger partial charge in [0.25, 0.3) is 5.91 Å². The highest BCUT2D eigenvalue weighted by Gasteiger charge is 2.24. The quantitative estimate of drug-likeness (QED) is 0.846. The van der Waals surface area contributed by atoms with Gasteiger partial charge in [-0.05, 0) is 36.8 Å². The van der Waals surface area contributed by atoms with Crippen LogP contribution in [0, 0.1) is 18.8 Å². The Kier molecular flexibility index (Phi) is 5.11. The number of amides is 1. The van der Waals surface area contributed by atoms with Crippen LogP contribution in [0.2, 0.25) is 0 Å². The summed E-state index contributed by atoms with van der Waals surface area (Å²) in [6, 6.07) is 5.91. The van der Waals surface area contributed by atoms with E-state index in [1.165, 1.54) is 0 Å². The van der Waals surface area contributed by atoms with Crippen LogP contribution >= 0.6 is 11.8 Å². The van der Waals surface area contributed by atoms with Crippen LogP contribution in [0.1, 0.15) is 27.9 Å². The highest BCUT2D eigenvalue weighted by molar-refractivity contribution is 7.99. The van der Waals surface area contributed by atoms with Crippen molar-refractivity contribution in [3.05, 3.63) is 34.9 Å². The third kappa shape index (κ3) is 3.36. The average Bonchev–Trinajstić information content (AvgIpc) is 2.99. The molecule has 1 aliphatic rings. The van der Waals surface area contributed by atoms with Crippen LogP contribution in [0.4, 0.5) is 0 Å². The zero-order chi connectivity index (χ0) is 14.5. The van der Waals surface area contributed by atoms with Crippen molar-refractivity contribution in [2.75, 3.05) is 25.2 Å². The molecule has 0 spiro atoms. The fourth-order valence-electron chi connectivity index (χ4n) is 2.22. The van der Waals surface area contributed by atoms with E-state index in [2.05, 4.69) is 11.8 Å². The molecule has 1 aromatic carbocycles. The van der Waals surface area contributed by atoms with E-state index in [0.29, 0.717) is 11.6 Å². The van der Waals surface area contributed by atoms with Gasteiger partial charge >= 0.3 is 0 Å². The molecule has 106 valence electrons. The largest absolute Gasteiger partial charge is 0.384 e. The maximum atomic E-state index is 12.5. The second kappa shape index (κ2) is 6.83. The lowest BCUT2D eigenvalue weighted by atomic mass is 10.0. The fourth-order valence-corrected chi connectivity index (χ4v) is 3.49.